The van der Waals surface area contributed by atoms with E-state index in [1.54, 1.807) is 23.2 Å². The third-order valence-electron chi connectivity index (χ3n) is 4.68. The molecule has 2 N–H and O–H groups in total. The third kappa shape index (κ3) is 5.11. The minimum absolute atomic E-state index is 0.257. The van der Waals surface area contributed by atoms with Gasteiger partial charge in [-0.2, -0.15) is 0 Å². The van der Waals surface area contributed by atoms with Crippen molar-refractivity contribution in [3.05, 3.63) is 78.0 Å². The molecule has 0 radical (unpaired) electrons. The quantitative estimate of drug-likeness (QED) is 0.634. The van der Waals surface area contributed by atoms with Gasteiger partial charge in [0.2, 0.25) is 0 Å². The fourth-order valence-corrected chi connectivity index (χ4v) is 3.23. The molecule has 2 aromatic carbocycles. The zero-order valence-corrected chi connectivity index (χ0v) is 16.7. The number of carbonyl (C=O) groups excluding carboxylic acids is 1. The summed E-state index contributed by atoms with van der Waals surface area (Å²) in [7, 11) is 0. The maximum absolute atomic E-state index is 12.7. The minimum Gasteiger partial charge on any atom is -0.488 e. The molecular formula is C23H21N3O5. The van der Waals surface area contributed by atoms with E-state index in [2.05, 4.69) is 10.3 Å². The van der Waals surface area contributed by atoms with Crippen LogP contribution < -0.4 is 19.7 Å². The van der Waals surface area contributed by atoms with Crippen LogP contribution in [0.2, 0.25) is 0 Å². The highest BCUT2D eigenvalue weighted by molar-refractivity contribution is 6.02. The Kier molecular flexibility index (Phi) is 5.98. The van der Waals surface area contributed by atoms with E-state index < -0.39 is 5.97 Å². The molecule has 0 atom stereocenters. The summed E-state index contributed by atoms with van der Waals surface area (Å²) in [5.74, 6) is 0.531. The predicted octanol–water partition coefficient (Wildman–Crippen LogP) is 3.57. The fraction of sp³-hybridized carbons (Fsp3) is 0.174. The lowest BCUT2D eigenvalue weighted by Crippen LogP contribution is -2.41. The number of hydrogen-bond donors (Lipinski definition) is 2. The maximum Gasteiger partial charge on any atom is 0.341 e. The number of pyridine rings is 1. The second-order valence-corrected chi connectivity index (χ2v) is 6.96. The summed E-state index contributed by atoms with van der Waals surface area (Å²) >= 11 is 0. The molecule has 0 bridgehead atoms. The molecule has 1 aromatic heterocycles. The van der Waals surface area contributed by atoms with Crippen molar-refractivity contribution in [1.29, 1.82) is 0 Å². The number of aliphatic carboxylic acids is 1. The number of amides is 2. The van der Waals surface area contributed by atoms with Gasteiger partial charge in [-0.1, -0.05) is 30.3 Å². The first-order valence-corrected chi connectivity index (χ1v) is 9.77. The molecule has 158 valence electrons. The van der Waals surface area contributed by atoms with Gasteiger partial charge in [0, 0.05) is 11.9 Å². The van der Waals surface area contributed by atoms with E-state index in [1.165, 1.54) is 0 Å². The number of benzene rings is 2. The first-order valence-electron chi connectivity index (χ1n) is 9.77. The van der Waals surface area contributed by atoms with Gasteiger partial charge in [-0.15, -0.1) is 0 Å². The van der Waals surface area contributed by atoms with Crippen molar-refractivity contribution in [3.8, 4) is 11.5 Å². The number of aromatic nitrogens is 1. The molecule has 4 rings (SSSR count). The Morgan fingerprint density at radius 3 is 2.61 bits per heavy atom. The molecule has 2 amide bonds. The number of rotatable bonds is 6. The van der Waals surface area contributed by atoms with Crippen molar-refractivity contribution in [2.24, 2.45) is 0 Å². The van der Waals surface area contributed by atoms with E-state index >= 15 is 0 Å². The SMILES string of the molecule is O=C(O)COc1ccc(Cc2cnc3c(c2)OCCN3C(=O)Nc2ccccc2)cc1. The van der Waals surface area contributed by atoms with Crippen LogP contribution in [0.3, 0.4) is 0 Å². The number of nitrogens with one attached hydrogen (secondary N) is 1. The number of fused-ring (bicyclic) bond motifs is 1. The summed E-state index contributed by atoms with van der Waals surface area (Å²) < 4.78 is 10.9. The van der Waals surface area contributed by atoms with Gasteiger partial charge in [-0.3, -0.25) is 4.90 Å². The van der Waals surface area contributed by atoms with Crippen LogP contribution in [0.5, 0.6) is 11.5 Å². The molecule has 8 nitrogen and oxygen atoms in total. The van der Waals surface area contributed by atoms with Crippen LogP contribution in [0.1, 0.15) is 11.1 Å². The second kappa shape index (κ2) is 9.17. The molecule has 0 spiro atoms. The monoisotopic (exact) mass is 419 g/mol. The molecule has 0 saturated carbocycles. The molecular weight excluding hydrogens is 398 g/mol. The predicted molar refractivity (Wildman–Crippen MR) is 115 cm³/mol. The molecule has 0 aliphatic carbocycles. The van der Waals surface area contributed by atoms with E-state index in [9.17, 15) is 9.59 Å². The smallest absolute Gasteiger partial charge is 0.341 e. The van der Waals surface area contributed by atoms with Crippen LogP contribution in [0.25, 0.3) is 0 Å². The Morgan fingerprint density at radius 2 is 1.87 bits per heavy atom. The number of carbonyl (C=O) groups is 2. The van der Waals surface area contributed by atoms with Crippen LogP contribution in [-0.4, -0.2) is 41.8 Å². The van der Waals surface area contributed by atoms with Crippen LogP contribution in [-0.2, 0) is 11.2 Å². The second-order valence-electron chi connectivity index (χ2n) is 6.96. The first-order chi connectivity index (χ1) is 15.1. The van der Waals surface area contributed by atoms with Crippen molar-refractivity contribution in [1.82, 2.24) is 4.98 Å². The third-order valence-corrected chi connectivity index (χ3v) is 4.68. The Morgan fingerprint density at radius 1 is 1.10 bits per heavy atom. The highest BCUT2D eigenvalue weighted by Crippen LogP contribution is 2.31. The standard InChI is InChI=1S/C23H21N3O5/c27-21(28)15-31-19-8-6-16(7-9-19)12-17-13-20-22(24-14-17)26(10-11-30-20)23(29)25-18-4-2-1-3-5-18/h1-9,13-14H,10-12,15H2,(H,25,29)(H,27,28). The Balaban J connectivity index is 1.44. The van der Waals surface area contributed by atoms with Gasteiger partial charge in [-0.05, 0) is 47.9 Å². The number of carboxylic acids is 1. The summed E-state index contributed by atoms with van der Waals surface area (Å²) in [6.45, 7) is 0.422. The van der Waals surface area contributed by atoms with E-state index in [1.807, 2.05) is 48.5 Å². The van der Waals surface area contributed by atoms with E-state index in [0.717, 1.165) is 11.1 Å². The highest BCUT2D eigenvalue weighted by Gasteiger charge is 2.25. The molecule has 0 fully saturated rings. The van der Waals surface area contributed by atoms with Crippen LogP contribution in [0, 0.1) is 0 Å². The number of anilines is 2. The molecule has 8 heteroatoms. The Hall–Kier alpha value is -4.07. The normalized spacial score (nSPS) is 12.5. The van der Waals surface area contributed by atoms with Gasteiger partial charge in [0.1, 0.15) is 12.4 Å². The molecule has 31 heavy (non-hydrogen) atoms. The van der Waals surface area contributed by atoms with Crippen LogP contribution >= 0.6 is 0 Å². The lowest BCUT2D eigenvalue weighted by molar-refractivity contribution is -0.139. The number of nitrogens with zero attached hydrogens (tertiary/aromatic N) is 2. The number of urea groups is 1. The highest BCUT2D eigenvalue weighted by atomic mass is 16.5. The van der Waals surface area contributed by atoms with Crippen molar-refractivity contribution >= 4 is 23.5 Å². The molecule has 1 aliphatic heterocycles. The molecule has 3 aromatic rings. The average molecular weight is 419 g/mol. The number of ether oxygens (including phenoxy) is 2. The number of hydrogen-bond acceptors (Lipinski definition) is 5. The summed E-state index contributed by atoms with van der Waals surface area (Å²) in [5.41, 5.74) is 2.66. The van der Waals surface area contributed by atoms with Gasteiger partial charge >= 0.3 is 12.0 Å². The van der Waals surface area contributed by atoms with Gasteiger partial charge < -0.3 is 19.9 Å². The number of carboxylic acid groups (broad SMARTS) is 1. The summed E-state index contributed by atoms with van der Waals surface area (Å²) in [5, 5.41) is 11.5. The number of para-hydroxylation sites is 1. The summed E-state index contributed by atoms with van der Waals surface area (Å²) in [4.78, 5) is 29.3. The van der Waals surface area contributed by atoms with Crippen molar-refractivity contribution in [2.75, 3.05) is 30.0 Å². The first kappa shape index (κ1) is 20.2. The van der Waals surface area contributed by atoms with E-state index in [-0.39, 0.29) is 12.6 Å². The van der Waals surface area contributed by atoms with Crippen molar-refractivity contribution in [2.45, 2.75) is 6.42 Å². The zero-order chi connectivity index (χ0) is 21.6. The Labute approximate surface area is 179 Å². The Bertz CT molecular complexity index is 1070. The minimum atomic E-state index is -1.02. The summed E-state index contributed by atoms with van der Waals surface area (Å²) in [6, 6.07) is 18.1. The van der Waals surface area contributed by atoms with Crippen molar-refractivity contribution in [3.63, 3.8) is 0 Å². The topological polar surface area (TPSA) is 101 Å². The summed E-state index contributed by atoms with van der Waals surface area (Å²) in [6.07, 6.45) is 2.34. The van der Waals surface area contributed by atoms with Crippen LogP contribution in [0.4, 0.5) is 16.3 Å². The van der Waals surface area contributed by atoms with Crippen molar-refractivity contribution < 1.29 is 24.2 Å². The van der Waals surface area contributed by atoms with Gasteiger partial charge in [0.05, 0.1) is 6.54 Å². The van der Waals surface area contributed by atoms with Crippen LogP contribution in [0.15, 0.2) is 66.9 Å². The van der Waals surface area contributed by atoms with Gasteiger partial charge in [0.15, 0.2) is 18.2 Å². The van der Waals surface area contributed by atoms with Gasteiger partial charge in [0.25, 0.3) is 0 Å². The largest absolute Gasteiger partial charge is 0.488 e. The fourth-order valence-electron chi connectivity index (χ4n) is 3.23. The molecule has 0 unspecified atom stereocenters. The lowest BCUT2D eigenvalue weighted by Gasteiger charge is -2.28. The molecule has 2 heterocycles. The molecule has 1 aliphatic rings. The maximum atomic E-state index is 12.7. The molecule has 0 saturated heterocycles. The van der Waals surface area contributed by atoms with E-state index in [0.29, 0.717) is 42.6 Å². The lowest BCUT2D eigenvalue weighted by atomic mass is 10.1. The zero-order valence-electron chi connectivity index (χ0n) is 16.7. The van der Waals surface area contributed by atoms with E-state index in [4.69, 9.17) is 14.6 Å². The van der Waals surface area contributed by atoms with Gasteiger partial charge in [-0.25, -0.2) is 14.6 Å². The average Bonchev–Trinajstić information content (AvgIpc) is 2.78.